The van der Waals surface area contributed by atoms with Crippen LogP contribution in [0.5, 0.6) is 0 Å². The molecule has 2 saturated heterocycles. The Bertz CT molecular complexity index is 742. The molecule has 10 heteroatoms. The van der Waals surface area contributed by atoms with E-state index in [4.69, 9.17) is 39.5 Å². The highest BCUT2D eigenvalue weighted by Crippen LogP contribution is 2.34. The summed E-state index contributed by atoms with van der Waals surface area (Å²) in [6.45, 7) is 2.59. The van der Waals surface area contributed by atoms with Crippen LogP contribution in [0.3, 0.4) is 0 Å². The number of benzene rings is 1. The molecule has 0 aliphatic carbocycles. The fourth-order valence-electron chi connectivity index (χ4n) is 4.17. The number of halogens is 3. The predicted octanol–water partition coefficient (Wildman–Crippen LogP) is 4.30. The van der Waals surface area contributed by atoms with Gasteiger partial charge in [-0.2, -0.15) is 0 Å². The van der Waals surface area contributed by atoms with E-state index in [9.17, 15) is 14.9 Å². The van der Waals surface area contributed by atoms with Gasteiger partial charge in [-0.05, 0) is 50.8 Å². The van der Waals surface area contributed by atoms with E-state index in [-0.39, 0.29) is 11.3 Å². The van der Waals surface area contributed by atoms with Gasteiger partial charge in [0, 0.05) is 23.7 Å². The number of carbonyl (C=O) groups excluding carboxylic acids is 1. The summed E-state index contributed by atoms with van der Waals surface area (Å²) in [4.78, 5) is 25.4. The Morgan fingerprint density at radius 2 is 2.03 bits per heavy atom. The summed E-state index contributed by atoms with van der Waals surface area (Å²) in [5.74, 6) is -0.290. The van der Waals surface area contributed by atoms with E-state index >= 15 is 0 Å². The van der Waals surface area contributed by atoms with Crippen molar-refractivity contribution in [1.82, 2.24) is 10.2 Å². The second-order valence-electron chi connectivity index (χ2n) is 7.54. The lowest BCUT2D eigenvalue weighted by Gasteiger charge is -2.44. The largest absolute Gasteiger partial charge is 0.354 e. The van der Waals surface area contributed by atoms with E-state index in [1.54, 1.807) is 0 Å². The molecule has 29 heavy (non-hydrogen) atoms. The Morgan fingerprint density at radius 1 is 1.28 bits per heavy atom. The molecule has 3 rings (SSSR count). The number of alkyl halides is 3. The van der Waals surface area contributed by atoms with Crippen molar-refractivity contribution >= 4 is 46.4 Å². The van der Waals surface area contributed by atoms with Crippen LogP contribution in [0.1, 0.15) is 42.5 Å². The van der Waals surface area contributed by atoms with Gasteiger partial charge in [-0.25, -0.2) is 0 Å². The fraction of sp³-hybridized carbons (Fsp3) is 0.632. The van der Waals surface area contributed by atoms with Crippen molar-refractivity contribution in [2.24, 2.45) is 5.92 Å². The number of fused-ring (bicyclic) bond motifs is 1. The number of rotatable bonds is 6. The first-order valence-corrected chi connectivity index (χ1v) is 10.9. The molecule has 1 aromatic carbocycles. The smallest absolute Gasteiger partial charge is 0.270 e. The zero-order valence-electron chi connectivity index (χ0n) is 15.9. The lowest BCUT2D eigenvalue weighted by molar-refractivity contribution is -0.384. The molecule has 0 spiro atoms. The van der Waals surface area contributed by atoms with Crippen molar-refractivity contribution < 1.29 is 14.5 Å². The Hall–Kier alpha value is -1.12. The van der Waals surface area contributed by atoms with Crippen molar-refractivity contribution in [3.05, 3.63) is 39.9 Å². The van der Waals surface area contributed by atoms with Gasteiger partial charge >= 0.3 is 0 Å². The zero-order valence-corrected chi connectivity index (χ0v) is 18.1. The van der Waals surface area contributed by atoms with Crippen LogP contribution in [0.25, 0.3) is 0 Å². The Morgan fingerprint density at radius 3 is 2.76 bits per heavy atom. The minimum absolute atomic E-state index is 0.0955. The molecular formula is C19H24Cl3N3O4. The first-order valence-electron chi connectivity index (χ1n) is 9.73. The standard InChI is InChI=1S/C19H24Cl3N3O4/c20-19(21,22)18(23-17(26)13-5-3-7-15(11-13)25(27)28)29-12-14-6-4-10-24-9-2-1-8-16(14)24/h3,5,7,11,14,16,18H,1-2,4,6,8-10,12H2,(H,23,26)/t14-,16+,18-/m0/s1. The highest BCUT2D eigenvalue weighted by atomic mass is 35.6. The molecule has 0 unspecified atom stereocenters. The molecule has 1 amide bonds. The fourth-order valence-corrected chi connectivity index (χ4v) is 4.53. The van der Waals surface area contributed by atoms with Crippen LogP contribution in [-0.4, -0.2) is 51.5 Å². The van der Waals surface area contributed by atoms with Gasteiger partial charge in [0.2, 0.25) is 3.79 Å². The number of hydrogen-bond acceptors (Lipinski definition) is 5. The van der Waals surface area contributed by atoms with Gasteiger partial charge in [-0.1, -0.05) is 47.3 Å². The highest BCUT2D eigenvalue weighted by Gasteiger charge is 2.38. The van der Waals surface area contributed by atoms with E-state index in [1.165, 1.54) is 37.1 Å². The topological polar surface area (TPSA) is 84.7 Å². The van der Waals surface area contributed by atoms with Crippen LogP contribution in [0, 0.1) is 16.0 Å². The maximum Gasteiger partial charge on any atom is 0.270 e. The van der Waals surface area contributed by atoms with Gasteiger partial charge in [0.1, 0.15) is 0 Å². The van der Waals surface area contributed by atoms with Crippen LogP contribution in [-0.2, 0) is 4.74 Å². The highest BCUT2D eigenvalue weighted by molar-refractivity contribution is 6.68. The quantitative estimate of drug-likeness (QED) is 0.294. The Balaban J connectivity index is 1.65. The Kier molecular flexibility index (Phi) is 7.62. The van der Waals surface area contributed by atoms with Crippen molar-refractivity contribution in [2.75, 3.05) is 19.7 Å². The van der Waals surface area contributed by atoms with Gasteiger partial charge in [-0.3, -0.25) is 14.9 Å². The molecule has 3 atom stereocenters. The third kappa shape index (κ3) is 5.95. The lowest BCUT2D eigenvalue weighted by atomic mass is 9.84. The van der Waals surface area contributed by atoms with Crippen LogP contribution in [0.15, 0.2) is 24.3 Å². The van der Waals surface area contributed by atoms with Crippen LogP contribution in [0.2, 0.25) is 0 Å². The van der Waals surface area contributed by atoms with E-state index in [0.717, 1.165) is 32.4 Å². The number of hydrogen-bond donors (Lipinski definition) is 1. The molecule has 0 saturated carbocycles. The van der Waals surface area contributed by atoms with E-state index in [2.05, 4.69) is 10.2 Å². The van der Waals surface area contributed by atoms with E-state index < -0.39 is 20.9 Å². The summed E-state index contributed by atoms with van der Waals surface area (Å²) in [6.07, 6.45) is 4.52. The zero-order chi connectivity index (χ0) is 21.0. The number of nitrogens with zero attached hydrogens (tertiary/aromatic N) is 2. The average Bonchev–Trinajstić information content (AvgIpc) is 2.70. The number of amides is 1. The number of nitrogens with one attached hydrogen (secondary N) is 1. The number of carbonyl (C=O) groups is 1. The second kappa shape index (κ2) is 9.79. The lowest BCUT2D eigenvalue weighted by Crippen LogP contribution is -2.51. The van der Waals surface area contributed by atoms with E-state index in [1.807, 2.05) is 0 Å². The van der Waals surface area contributed by atoms with Crippen LogP contribution >= 0.6 is 34.8 Å². The van der Waals surface area contributed by atoms with Gasteiger partial charge in [-0.15, -0.1) is 0 Å². The molecule has 160 valence electrons. The molecule has 2 aliphatic rings. The summed E-state index contributed by atoms with van der Waals surface area (Å²) < 4.78 is 4.00. The molecule has 0 radical (unpaired) electrons. The number of piperidine rings is 2. The number of non-ortho nitro benzene ring substituents is 1. The molecule has 1 N–H and O–H groups in total. The van der Waals surface area contributed by atoms with E-state index in [0.29, 0.717) is 18.6 Å². The van der Waals surface area contributed by atoms with Gasteiger partial charge in [0.05, 0.1) is 11.5 Å². The van der Waals surface area contributed by atoms with Crippen molar-refractivity contribution in [3.63, 3.8) is 0 Å². The summed E-state index contributed by atoms with van der Waals surface area (Å²) in [5, 5.41) is 13.5. The average molecular weight is 465 g/mol. The summed E-state index contributed by atoms with van der Waals surface area (Å²) in [7, 11) is 0. The summed E-state index contributed by atoms with van der Waals surface area (Å²) in [6, 6.07) is 5.82. The second-order valence-corrected chi connectivity index (χ2v) is 9.91. The molecule has 2 aliphatic heterocycles. The molecule has 0 bridgehead atoms. The monoisotopic (exact) mass is 463 g/mol. The molecular weight excluding hydrogens is 441 g/mol. The van der Waals surface area contributed by atoms with Crippen molar-refractivity contribution in [1.29, 1.82) is 0 Å². The molecule has 1 aromatic rings. The van der Waals surface area contributed by atoms with Gasteiger partial charge < -0.3 is 15.0 Å². The summed E-state index contributed by atoms with van der Waals surface area (Å²) >= 11 is 18.1. The molecule has 2 fully saturated rings. The molecule has 7 nitrogen and oxygen atoms in total. The van der Waals surface area contributed by atoms with Crippen molar-refractivity contribution in [2.45, 2.75) is 48.2 Å². The molecule has 0 aromatic heterocycles. The summed E-state index contributed by atoms with van der Waals surface area (Å²) in [5.41, 5.74) is -0.0956. The van der Waals surface area contributed by atoms with Crippen molar-refractivity contribution in [3.8, 4) is 0 Å². The maximum absolute atomic E-state index is 12.6. The maximum atomic E-state index is 12.6. The normalized spacial score (nSPS) is 23.8. The number of nitro groups is 1. The minimum Gasteiger partial charge on any atom is -0.354 e. The Labute approximate surface area is 184 Å². The minimum atomic E-state index is -1.88. The first kappa shape index (κ1) is 22.6. The SMILES string of the molecule is O=C(N[C@@H](OC[C@@H]1CCCN2CCCC[C@H]12)C(Cl)(Cl)Cl)c1cccc([N+](=O)[O-])c1. The first-order chi connectivity index (χ1) is 13.8. The van der Waals surface area contributed by atoms with Gasteiger partial charge in [0.25, 0.3) is 11.6 Å². The number of nitro benzene ring substituents is 1. The van der Waals surface area contributed by atoms with Gasteiger partial charge in [0.15, 0.2) is 6.23 Å². The predicted molar refractivity (Wildman–Crippen MR) is 113 cm³/mol. The molecule has 2 heterocycles. The third-order valence-corrected chi connectivity index (χ3v) is 6.18. The van der Waals surface area contributed by atoms with Crippen LogP contribution < -0.4 is 5.32 Å². The van der Waals surface area contributed by atoms with Crippen LogP contribution in [0.4, 0.5) is 5.69 Å². The number of ether oxygens (including phenoxy) is 1. The third-order valence-electron chi connectivity index (χ3n) is 5.58.